The summed E-state index contributed by atoms with van der Waals surface area (Å²) in [4.78, 5) is 4.22. The highest BCUT2D eigenvalue weighted by molar-refractivity contribution is 6.34. The first-order valence-electron chi connectivity index (χ1n) is 5.66. The zero-order chi connectivity index (χ0) is 13.1. The van der Waals surface area contributed by atoms with Crippen molar-refractivity contribution in [3.05, 3.63) is 52.0 Å². The molecule has 1 heterocycles. The van der Waals surface area contributed by atoms with Crippen molar-refractivity contribution in [2.24, 2.45) is 7.05 Å². The van der Waals surface area contributed by atoms with E-state index in [1.807, 2.05) is 17.8 Å². The van der Waals surface area contributed by atoms with Crippen LogP contribution in [-0.4, -0.2) is 14.7 Å². The highest BCUT2D eigenvalue weighted by atomic mass is 35.5. The number of aliphatic hydroxyl groups excluding tert-OH is 1. The molecule has 0 aliphatic carbocycles. The molecule has 2 rings (SSSR count). The van der Waals surface area contributed by atoms with Crippen LogP contribution in [0, 0.1) is 0 Å². The second-order valence-corrected chi connectivity index (χ2v) is 5.08. The molecule has 0 radical (unpaired) electrons. The fourth-order valence-electron chi connectivity index (χ4n) is 1.84. The van der Waals surface area contributed by atoms with Crippen LogP contribution in [-0.2, 0) is 13.5 Å². The summed E-state index contributed by atoms with van der Waals surface area (Å²) in [5.74, 6) is 0.946. The lowest BCUT2D eigenvalue weighted by molar-refractivity contribution is 0.167. The standard InChI is InChI=1S/C13H14Cl2N2O/c1-17-5-4-16-13(17)3-2-12(18)9-6-10(14)8-11(15)7-9/h4-8,12,18H,2-3H2,1H3. The molecule has 0 bridgehead atoms. The average molecular weight is 285 g/mol. The summed E-state index contributed by atoms with van der Waals surface area (Å²) in [6.07, 6.45) is 4.34. The summed E-state index contributed by atoms with van der Waals surface area (Å²) in [6, 6.07) is 5.12. The molecule has 1 aromatic heterocycles. The van der Waals surface area contributed by atoms with Crippen molar-refractivity contribution in [3.8, 4) is 0 Å². The Balaban J connectivity index is 2.03. The lowest BCUT2D eigenvalue weighted by Crippen LogP contribution is -2.03. The monoisotopic (exact) mass is 284 g/mol. The molecule has 0 saturated carbocycles. The fourth-order valence-corrected chi connectivity index (χ4v) is 2.38. The first kappa shape index (κ1) is 13.4. The molecule has 2 aromatic rings. The molecule has 0 aliphatic heterocycles. The number of aliphatic hydroxyl groups is 1. The first-order valence-corrected chi connectivity index (χ1v) is 6.42. The van der Waals surface area contributed by atoms with E-state index in [-0.39, 0.29) is 0 Å². The Bertz CT molecular complexity index is 519. The minimum absolute atomic E-state index is 0.536. The van der Waals surface area contributed by atoms with Gasteiger partial charge in [-0.2, -0.15) is 0 Å². The quantitative estimate of drug-likeness (QED) is 0.935. The molecule has 18 heavy (non-hydrogen) atoms. The third-order valence-electron chi connectivity index (χ3n) is 2.83. The largest absolute Gasteiger partial charge is 0.388 e. The molecule has 1 N–H and O–H groups in total. The van der Waals surface area contributed by atoms with Crippen LogP contribution in [0.15, 0.2) is 30.6 Å². The predicted molar refractivity (Wildman–Crippen MR) is 73.0 cm³/mol. The van der Waals surface area contributed by atoms with Crippen LogP contribution >= 0.6 is 23.2 Å². The van der Waals surface area contributed by atoms with Crippen LogP contribution in [0.3, 0.4) is 0 Å². The van der Waals surface area contributed by atoms with Crippen LogP contribution in [0.5, 0.6) is 0 Å². The summed E-state index contributed by atoms with van der Waals surface area (Å²) in [5, 5.41) is 11.2. The topological polar surface area (TPSA) is 38.0 Å². The van der Waals surface area contributed by atoms with Gasteiger partial charge in [0.1, 0.15) is 5.82 Å². The lowest BCUT2D eigenvalue weighted by Gasteiger charge is -2.11. The number of hydrogen-bond donors (Lipinski definition) is 1. The number of nitrogens with zero attached hydrogens (tertiary/aromatic N) is 2. The molecule has 96 valence electrons. The maximum atomic E-state index is 10.1. The number of rotatable bonds is 4. The van der Waals surface area contributed by atoms with Gasteiger partial charge in [-0.3, -0.25) is 0 Å². The molecule has 1 unspecified atom stereocenters. The number of aryl methyl sites for hydroxylation is 2. The average Bonchev–Trinajstić information content (AvgIpc) is 2.70. The second-order valence-electron chi connectivity index (χ2n) is 4.21. The number of imidazole rings is 1. The summed E-state index contributed by atoms with van der Waals surface area (Å²) >= 11 is 11.8. The van der Waals surface area contributed by atoms with Gasteiger partial charge >= 0.3 is 0 Å². The molecule has 3 nitrogen and oxygen atoms in total. The normalized spacial score (nSPS) is 12.7. The molecule has 0 saturated heterocycles. The van der Waals surface area contributed by atoms with Gasteiger partial charge in [0.25, 0.3) is 0 Å². The van der Waals surface area contributed by atoms with Crippen molar-refractivity contribution >= 4 is 23.2 Å². The molecule has 0 fully saturated rings. The van der Waals surface area contributed by atoms with Gasteiger partial charge < -0.3 is 9.67 Å². The Kier molecular flexibility index (Phi) is 4.27. The van der Waals surface area contributed by atoms with E-state index in [0.29, 0.717) is 22.9 Å². The predicted octanol–water partition coefficient (Wildman–Crippen LogP) is 3.39. The smallest absolute Gasteiger partial charge is 0.108 e. The maximum Gasteiger partial charge on any atom is 0.108 e. The van der Waals surface area contributed by atoms with Crippen molar-refractivity contribution in [2.75, 3.05) is 0 Å². The zero-order valence-corrected chi connectivity index (χ0v) is 11.5. The highest BCUT2D eigenvalue weighted by Gasteiger charge is 2.11. The molecule has 5 heteroatoms. The van der Waals surface area contributed by atoms with Crippen molar-refractivity contribution in [2.45, 2.75) is 18.9 Å². The van der Waals surface area contributed by atoms with Crippen LogP contribution in [0.4, 0.5) is 0 Å². The Morgan fingerprint density at radius 1 is 1.28 bits per heavy atom. The maximum absolute atomic E-state index is 10.1. The van der Waals surface area contributed by atoms with E-state index in [1.165, 1.54) is 0 Å². The number of halogens is 2. The third kappa shape index (κ3) is 3.25. The fraction of sp³-hybridized carbons (Fsp3) is 0.308. The van der Waals surface area contributed by atoms with Crippen LogP contribution in [0.1, 0.15) is 23.9 Å². The Morgan fingerprint density at radius 3 is 2.50 bits per heavy atom. The van der Waals surface area contributed by atoms with Crippen molar-refractivity contribution in [1.82, 2.24) is 9.55 Å². The molecule has 0 aliphatic rings. The minimum atomic E-state index is -0.585. The number of benzene rings is 1. The van der Waals surface area contributed by atoms with Gasteiger partial charge in [-0.1, -0.05) is 23.2 Å². The summed E-state index contributed by atoms with van der Waals surface area (Å²) in [5.41, 5.74) is 0.738. The first-order chi connectivity index (χ1) is 8.56. The van der Waals surface area contributed by atoms with E-state index in [4.69, 9.17) is 23.2 Å². The van der Waals surface area contributed by atoms with E-state index >= 15 is 0 Å². The lowest BCUT2D eigenvalue weighted by atomic mass is 10.0. The molecule has 1 aromatic carbocycles. The van der Waals surface area contributed by atoms with E-state index in [0.717, 1.165) is 11.4 Å². The van der Waals surface area contributed by atoms with Gasteiger partial charge in [-0.15, -0.1) is 0 Å². The summed E-state index contributed by atoms with van der Waals surface area (Å²) in [7, 11) is 1.94. The minimum Gasteiger partial charge on any atom is -0.388 e. The molecule has 0 amide bonds. The van der Waals surface area contributed by atoms with Crippen LogP contribution in [0.25, 0.3) is 0 Å². The zero-order valence-electron chi connectivity index (χ0n) is 9.98. The van der Waals surface area contributed by atoms with E-state index < -0.39 is 6.10 Å². The number of hydrogen-bond acceptors (Lipinski definition) is 2. The SMILES string of the molecule is Cn1ccnc1CCC(O)c1cc(Cl)cc(Cl)c1. The van der Waals surface area contributed by atoms with E-state index in [1.54, 1.807) is 24.4 Å². The van der Waals surface area contributed by atoms with Crippen molar-refractivity contribution in [3.63, 3.8) is 0 Å². The summed E-state index contributed by atoms with van der Waals surface area (Å²) in [6.45, 7) is 0. The van der Waals surface area contributed by atoms with Crippen molar-refractivity contribution < 1.29 is 5.11 Å². The molecular formula is C13H14Cl2N2O. The molecular weight excluding hydrogens is 271 g/mol. The molecule has 0 spiro atoms. The highest BCUT2D eigenvalue weighted by Crippen LogP contribution is 2.25. The van der Waals surface area contributed by atoms with Gasteiger partial charge in [0.2, 0.25) is 0 Å². The summed E-state index contributed by atoms with van der Waals surface area (Å²) < 4.78 is 1.94. The van der Waals surface area contributed by atoms with Gasteiger partial charge in [-0.05, 0) is 30.2 Å². The van der Waals surface area contributed by atoms with Crippen LogP contribution in [0.2, 0.25) is 10.0 Å². The number of aromatic nitrogens is 2. The van der Waals surface area contributed by atoms with Gasteiger partial charge in [-0.25, -0.2) is 4.98 Å². The van der Waals surface area contributed by atoms with Gasteiger partial charge in [0.15, 0.2) is 0 Å². The van der Waals surface area contributed by atoms with E-state index in [9.17, 15) is 5.11 Å². The van der Waals surface area contributed by atoms with Gasteiger partial charge in [0, 0.05) is 35.9 Å². The Morgan fingerprint density at radius 2 is 1.94 bits per heavy atom. The van der Waals surface area contributed by atoms with Crippen molar-refractivity contribution in [1.29, 1.82) is 0 Å². The van der Waals surface area contributed by atoms with Gasteiger partial charge in [0.05, 0.1) is 6.10 Å². The Labute approximate surface area is 116 Å². The van der Waals surface area contributed by atoms with E-state index in [2.05, 4.69) is 4.98 Å². The molecule has 1 atom stereocenters. The Hall–Kier alpha value is -1.03. The van der Waals surface area contributed by atoms with Crippen LogP contribution < -0.4 is 0 Å². The second kappa shape index (κ2) is 5.74. The third-order valence-corrected chi connectivity index (χ3v) is 3.27.